The van der Waals surface area contributed by atoms with E-state index in [-0.39, 0.29) is 82.7 Å². The van der Waals surface area contributed by atoms with Crippen LogP contribution in [0.15, 0.2) is 24.3 Å². The number of allylic oxidation sites excluding steroid dienone is 4. The third-order valence-corrected chi connectivity index (χ3v) is 9.99. The van der Waals surface area contributed by atoms with Crippen molar-refractivity contribution in [3.8, 4) is 0 Å². The van der Waals surface area contributed by atoms with Crippen LogP contribution in [0.2, 0.25) is 0 Å². The van der Waals surface area contributed by atoms with Gasteiger partial charge in [-0.15, -0.1) is 0 Å². The lowest BCUT2D eigenvalue weighted by Gasteiger charge is -2.56. The number of carbonyl (C=O) groups excluding carboxylic acids is 4. The number of methoxy groups -OCH3 is 2. The first-order valence-corrected chi connectivity index (χ1v) is 10.1. The van der Waals surface area contributed by atoms with Crippen molar-refractivity contribution in [2.24, 2.45) is 70.0 Å². The van der Waals surface area contributed by atoms with E-state index in [1.54, 1.807) is 12.2 Å². The van der Waals surface area contributed by atoms with Gasteiger partial charge in [-0.1, -0.05) is 12.2 Å². The summed E-state index contributed by atoms with van der Waals surface area (Å²) in [5.74, 6) is -1.53. The first-order chi connectivity index (χ1) is 13.5. The van der Waals surface area contributed by atoms with Gasteiger partial charge in [0, 0.05) is 11.8 Å². The molecule has 6 heteroatoms. The molecule has 0 heterocycles. The van der Waals surface area contributed by atoms with Gasteiger partial charge in [-0.05, 0) is 59.5 Å². The van der Waals surface area contributed by atoms with E-state index in [9.17, 15) is 19.2 Å². The summed E-state index contributed by atoms with van der Waals surface area (Å²) in [6, 6.07) is 0. The summed E-state index contributed by atoms with van der Waals surface area (Å²) in [6.07, 6.45) is 7.13. The van der Waals surface area contributed by atoms with Crippen molar-refractivity contribution in [2.75, 3.05) is 14.2 Å². The molecule has 0 aromatic rings. The van der Waals surface area contributed by atoms with Crippen LogP contribution in [0.25, 0.3) is 0 Å². The van der Waals surface area contributed by atoms with Crippen LogP contribution in [-0.2, 0) is 28.7 Å². The summed E-state index contributed by atoms with van der Waals surface area (Å²) < 4.78 is 10.7. The number of esters is 2. The second-order valence-electron chi connectivity index (χ2n) is 9.71. The van der Waals surface area contributed by atoms with Crippen molar-refractivity contribution >= 4 is 23.5 Å². The van der Waals surface area contributed by atoms with E-state index in [1.165, 1.54) is 14.2 Å². The highest BCUT2D eigenvalue weighted by Gasteiger charge is 3.01. The Morgan fingerprint density at radius 2 is 1.14 bits per heavy atom. The summed E-state index contributed by atoms with van der Waals surface area (Å²) >= 11 is 0. The zero-order chi connectivity index (χ0) is 19.3. The fourth-order valence-electron chi connectivity index (χ4n) is 10.3. The van der Waals surface area contributed by atoms with E-state index in [2.05, 4.69) is 0 Å². The van der Waals surface area contributed by atoms with Crippen molar-refractivity contribution in [3.63, 3.8) is 0 Å². The molecule has 144 valence electrons. The smallest absolute Gasteiger partial charge is 0.313 e. The minimum absolute atomic E-state index is 0.0335. The molecule has 0 aromatic carbocycles. The number of hydrogen-bond donors (Lipinski definition) is 0. The summed E-state index contributed by atoms with van der Waals surface area (Å²) in [4.78, 5) is 52.6. The zero-order valence-corrected chi connectivity index (χ0v) is 15.5. The maximum absolute atomic E-state index is 13.5. The molecule has 8 aliphatic rings. The van der Waals surface area contributed by atoms with Crippen molar-refractivity contribution < 1.29 is 28.7 Å². The minimum atomic E-state index is -1.04. The molecule has 0 aliphatic heterocycles. The lowest BCUT2D eigenvalue weighted by atomic mass is 9.43. The Morgan fingerprint density at radius 1 is 0.750 bits per heavy atom. The van der Waals surface area contributed by atoms with Gasteiger partial charge in [0.05, 0.1) is 25.0 Å². The number of fused-ring (bicyclic) bond motifs is 2. The third-order valence-electron chi connectivity index (χ3n) is 9.99. The predicted molar refractivity (Wildman–Crippen MR) is 92.1 cm³/mol. The zero-order valence-electron chi connectivity index (χ0n) is 15.5. The monoisotopic (exact) mass is 380 g/mol. The van der Waals surface area contributed by atoms with Crippen LogP contribution in [0.1, 0.15) is 0 Å². The molecule has 0 unspecified atom stereocenters. The second kappa shape index (κ2) is 4.19. The highest BCUT2D eigenvalue weighted by atomic mass is 16.5. The fraction of sp³-hybridized carbons (Fsp3) is 0.636. The molecule has 8 rings (SSSR count). The summed E-state index contributed by atoms with van der Waals surface area (Å²) in [6.45, 7) is 0. The SMILES string of the molecule is COC(=O)[C@]12[C@@H]3[C@H]4C(=O)C=C[C@@H]4[C@@H]4[C@@H]3[C@H]3[C@@H]1[C@@H]1C=CC(=O)[C@@H]1[C@@H]3[C@@]42C(=O)OC. The van der Waals surface area contributed by atoms with Gasteiger partial charge >= 0.3 is 11.9 Å². The Hall–Kier alpha value is -2.24. The van der Waals surface area contributed by atoms with Crippen LogP contribution in [0, 0.1) is 70.0 Å². The first kappa shape index (κ1) is 15.7. The maximum atomic E-state index is 13.5. The normalized spacial score (nSPS) is 59.5. The Bertz CT molecular complexity index is 900. The predicted octanol–water partition coefficient (Wildman–Crippen LogP) is 0.813. The van der Waals surface area contributed by atoms with Crippen molar-refractivity contribution in [2.45, 2.75) is 0 Å². The molecular formula is C22H20O6. The van der Waals surface area contributed by atoms with Crippen LogP contribution in [-0.4, -0.2) is 37.7 Å². The maximum Gasteiger partial charge on any atom is 0.313 e. The molecule has 12 atom stereocenters. The molecule has 6 saturated carbocycles. The fourth-order valence-corrected chi connectivity index (χ4v) is 10.3. The molecule has 0 radical (unpaired) electrons. The van der Waals surface area contributed by atoms with E-state index < -0.39 is 10.8 Å². The molecule has 8 aliphatic carbocycles. The summed E-state index contributed by atoms with van der Waals surface area (Å²) in [5, 5.41) is 0. The van der Waals surface area contributed by atoms with Gasteiger partial charge in [-0.25, -0.2) is 0 Å². The van der Waals surface area contributed by atoms with Gasteiger partial charge in [0.25, 0.3) is 0 Å². The molecule has 0 N–H and O–H groups in total. The molecular weight excluding hydrogens is 360 g/mol. The van der Waals surface area contributed by atoms with Gasteiger partial charge in [-0.3, -0.25) is 19.2 Å². The topological polar surface area (TPSA) is 86.7 Å². The van der Waals surface area contributed by atoms with E-state index in [1.807, 2.05) is 12.2 Å². The van der Waals surface area contributed by atoms with Gasteiger partial charge in [0.1, 0.15) is 0 Å². The Labute approximate surface area is 161 Å². The summed E-state index contributed by atoms with van der Waals surface area (Å²) in [5.41, 5.74) is -2.09. The van der Waals surface area contributed by atoms with Crippen LogP contribution in [0.5, 0.6) is 0 Å². The molecule has 28 heavy (non-hydrogen) atoms. The van der Waals surface area contributed by atoms with Crippen LogP contribution in [0.3, 0.4) is 0 Å². The number of rotatable bonds is 2. The first-order valence-electron chi connectivity index (χ1n) is 10.1. The lowest BCUT2D eigenvalue weighted by molar-refractivity contribution is -0.206. The molecule has 6 nitrogen and oxygen atoms in total. The van der Waals surface area contributed by atoms with E-state index in [4.69, 9.17) is 9.47 Å². The quantitative estimate of drug-likeness (QED) is 0.659. The van der Waals surface area contributed by atoms with Gasteiger partial charge in [0.15, 0.2) is 11.6 Å². The molecule has 0 saturated heterocycles. The van der Waals surface area contributed by atoms with Crippen molar-refractivity contribution in [1.29, 1.82) is 0 Å². The second-order valence-corrected chi connectivity index (χ2v) is 9.71. The Morgan fingerprint density at radius 3 is 1.50 bits per heavy atom. The minimum Gasteiger partial charge on any atom is -0.469 e. The Balaban J connectivity index is 1.56. The summed E-state index contributed by atoms with van der Waals surface area (Å²) in [7, 11) is 2.73. The van der Waals surface area contributed by atoms with E-state index >= 15 is 0 Å². The average Bonchev–Trinajstić information content (AvgIpc) is 3.49. The van der Waals surface area contributed by atoms with Gasteiger partial charge in [-0.2, -0.15) is 0 Å². The number of ether oxygens (including phenoxy) is 2. The highest BCUT2D eigenvalue weighted by Crippen LogP contribution is 2.96. The Kier molecular flexibility index (Phi) is 2.34. The number of hydrogen-bond acceptors (Lipinski definition) is 6. The standard InChI is InChI=1S/C22H20O6/c1-27-19(25)21-15-7-3-5-10(24)12(7)18-13(15)14-16(22(18,21)20(26)28-2)8-4-6-9(23)11(8)17(14)21/h3-8,11-18H,1-2H3/t7-,8+,11-,12-,13+,14+,15+,16-,17-,18+,21-,22-/m1/s1. The molecule has 0 aromatic heterocycles. The largest absolute Gasteiger partial charge is 0.469 e. The van der Waals surface area contributed by atoms with Crippen molar-refractivity contribution in [3.05, 3.63) is 24.3 Å². The van der Waals surface area contributed by atoms with E-state index in [0.717, 1.165) is 0 Å². The molecule has 8 bridgehead atoms. The average molecular weight is 380 g/mol. The third kappa shape index (κ3) is 1.04. The van der Waals surface area contributed by atoms with Crippen LogP contribution >= 0.6 is 0 Å². The lowest BCUT2D eigenvalue weighted by Crippen LogP contribution is -2.66. The van der Waals surface area contributed by atoms with Gasteiger partial charge in [0.2, 0.25) is 0 Å². The van der Waals surface area contributed by atoms with Crippen LogP contribution < -0.4 is 0 Å². The highest BCUT2D eigenvalue weighted by molar-refractivity contribution is 6.03. The van der Waals surface area contributed by atoms with Crippen molar-refractivity contribution in [1.82, 2.24) is 0 Å². The molecule has 0 amide bonds. The van der Waals surface area contributed by atoms with Gasteiger partial charge < -0.3 is 9.47 Å². The number of carbonyl (C=O) groups is 4. The van der Waals surface area contributed by atoms with E-state index in [0.29, 0.717) is 0 Å². The molecule has 0 spiro atoms. The number of ketones is 2. The molecule has 6 fully saturated rings. The van der Waals surface area contributed by atoms with Crippen LogP contribution in [0.4, 0.5) is 0 Å².